The van der Waals surface area contributed by atoms with Gasteiger partial charge < -0.3 is 14.2 Å². The number of carbonyl (C=O) groups is 1. The molecule has 0 saturated carbocycles. The van der Waals surface area contributed by atoms with Gasteiger partial charge in [0, 0.05) is 0 Å². The van der Waals surface area contributed by atoms with Crippen LogP contribution in [-0.2, 0) is 9.59 Å². The number of carbonyl (C=O) groups excluding carboxylic acids is 2. The van der Waals surface area contributed by atoms with Crippen molar-refractivity contribution in [1.29, 1.82) is 0 Å². The van der Waals surface area contributed by atoms with Crippen LogP contribution in [0.25, 0.3) is 0 Å². The van der Waals surface area contributed by atoms with E-state index in [1.165, 1.54) is 14.2 Å². The summed E-state index contributed by atoms with van der Waals surface area (Å²) in [7, 11) is 2.93. The molecule has 6 heteroatoms. The highest BCUT2D eigenvalue weighted by Crippen LogP contribution is 2.36. The van der Waals surface area contributed by atoms with Gasteiger partial charge in [0.25, 0.3) is 5.91 Å². The molecular weight excluding hydrogens is 226 g/mol. The molecule has 1 aromatic rings. The van der Waals surface area contributed by atoms with Gasteiger partial charge in [-0.1, -0.05) is 6.07 Å². The lowest BCUT2D eigenvalue weighted by atomic mass is 10.3. The number of nitrogens with zero attached hydrogens (tertiary/aromatic N) is 1. The van der Waals surface area contributed by atoms with E-state index in [0.717, 1.165) is 6.08 Å². The van der Waals surface area contributed by atoms with Crippen LogP contribution < -0.4 is 14.2 Å². The Morgan fingerprint density at radius 1 is 1.29 bits per heavy atom. The summed E-state index contributed by atoms with van der Waals surface area (Å²) in [6.07, 6.45) is 1.14. The summed E-state index contributed by atoms with van der Waals surface area (Å²) in [5, 5.41) is 0. The first-order chi connectivity index (χ1) is 8.22. The standard InChI is InChI=1S/C11H11NO5/c1-15-8-4-3-5-9(16-2)11(8)17-6-10(14)12-7-13/h3-5H,6H2,1-2H3. The third-order valence-corrected chi connectivity index (χ3v) is 1.89. The van der Waals surface area contributed by atoms with Crippen molar-refractivity contribution in [2.75, 3.05) is 20.8 Å². The number of aliphatic imine (C=N–C) groups is 1. The molecule has 17 heavy (non-hydrogen) atoms. The molecule has 0 fully saturated rings. The molecule has 1 aromatic carbocycles. The van der Waals surface area contributed by atoms with E-state index in [1.54, 1.807) is 18.2 Å². The fourth-order valence-electron chi connectivity index (χ4n) is 1.18. The normalized spacial score (nSPS) is 9.06. The highest BCUT2D eigenvalue weighted by Gasteiger charge is 2.12. The van der Waals surface area contributed by atoms with E-state index in [0.29, 0.717) is 11.5 Å². The first kappa shape index (κ1) is 12.7. The fraction of sp³-hybridized carbons (Fsp3) is 0.273. The maximum Gasteiger partial charge on any atom is 0.294 e. The summed E-state index contributed by atoms with van der Waals surface area (Å²) in [4.78, 5) is 23.7. The zero-order chi connectivity index (χ0) is 12.7. The Hall–Kier alpha value is -2.33. The van der Waals surface area contributed by atoms with E-state index in [4.69, 9.17) is 14.2 Å². The molecule has 1 amide bonds. The molecule has 0 aromatic heterocycles. The van der Waals surface area contributed by atoms with E-state index in [1.807, 2.05) is 0 Å². The molecule has 0 atom stereocenters. The molecule has 0 bridgehead atoms. The van der Waals surface area contributed by atoms with E-state index in [9.17, 15) is 9.59 Å². The molecule has 0 aliphatic rings. The Labute approximate surface area is 97.8 Å². The second-order valence-corrected chi connectivity index (χ2v) is 2.88. The van der Waals surface area contributed by atoms with Gasteiger partial charge in [-0.2, -0.15) is 0 Å². The number of rotatable bonds is 5. The molecule has 1 rings (SSSR count). The largest absolute Gasteiger partial charge is 0.493 e. The maximum absolute atomic E-state index is 11.0. The van der Waals surface area contributed by atoms with Crippen molar-refractivity contribution in [3.05, 3.63) is 18.2 Å². The van der Waals surface area contributed by atoms with Crippen LogP contribution in [0.3, 0.4) is 0 Å². The van der Waals surface area contributed by atoms with Crippen LogP contribution in [-0.4, -0.2) is 32.8 Å². The number of hydrogen-bond donors (Lipinski definition) is 0. The lowest BCUT2D eigenvalue weighted by molar-refractivity contribution is -0.119. The van der Waals surface area contributed by atoms with Gasteiger partial charge in [0.1, 0.15) is 0 Å². The third kappa shape index (κ3) is 3.32. The molecule has 0 heterocycles. The predicted octanol–water partition coefficient (Wildman–Crippen LogP) is 0.945. The van der Waals surface area contributed by atoms with E-state index in [2.05, 4.69) is 4.99 Å². The number of para-hydroxylation sites is 1. The van der Waals surface area contributed by atoms with Crippen molar-refractivity contribution in [3.63, 3.8) is 0 Å². The summed E-state index contributed by atoms with van der Waals surface area (Å²) >= 11 is 0. The van der Waals surface area contributed by atoms with E-state index >= 15 is 0 Å². The summed E-state index contributed by atoms with van der Waals surface area (Å²) < 4.78 is 15.3. The van der Waals surface area contributed by atoms with Crippen molar-refractivity contribution in [2.45, 2.75) is 0 Å². The lowest BCUT2D eigenvalue weighted by Gasteiger charge is -2.12. The first-order valence-corrected chi connectivity index (χ1v) is 4.67. The molecule has 0 N–H and O–H groups in total. The molecule has 0 radical (unpaired) electrons. The number of methoxy groups -OCH3 is 2. The summed E-state index contributed by atoms with van der Waals surface area (Å²) in [6.45, 7) is -0.383. The number of benzene rings is 1. The van der Waals surface area contributed by atoms with Crippen molar-refractivity contribution in [1.82, 2.24) is 0 Å². The first-order valence-electron chi connectivity index (χ1n) is 4.67. The van der Waals surface area contributed by atoms with Crippen LogP contribution in [0.4, 0.5) is 0 Å². The zero-order valence-corrected chi connectivity index (χ0v) is 9.43. The van der Waals surface area contributed by atoms with Crippen LogP contribution in [0.5, 0.6) is 17.2 Å². The van der Waals surface area contributed by atoms with Gasteiger partial charge in [0.15, 0.2) is 18.1 Å². The third-order valence-electron chi connectivity index (χ3n) is 1.89. The minimum Gasteiger partial charge on any atom is -0.493 e. The summed E-state index contributed by atoms with van der Waals surface area (Å²) in [6, 6.07) is 5.03. The van der Waals surface area contributed by atoms with Gasteiger partial charge >= 0.3 is 0 Å². The lowest BCUT2D eigenvalue weighted by Crippen LogP contribution is -2.09. The number of hydrogen-bond acceptors (Lipinski definition) is 5. The molecule has 0 saturated heterocycles. The molecule has 0 aliphatic heterocycles. The van der Waals surface area contributed by atoms with Crippen molar-refractivity contribution in [3.8, 4) is 17.2 Å². The monoisotopic (exact) mass is 237 g/mol. The fourth-order valence-corrected chi connectivity index (χ4v) is 1.18. The topological polar surface area (TPSA) is 74.2 Å². The molecular formula is C11H11NO5. The quantitative estimate of drug-likeness (QED) is 0.563. The molecule has 6 nitrogen and oxygen atoms in total. The van der Waals surface area contributed by atoms with Crippen LogP contribution in [0.15, 0.2) is 23.2 Å². The highest BCUT2D eigenvalue weighted by molar-refractivity contribution is 5.82. The summed E-state index contributed by atoms with van der Waals surface area (Å²) in [5.74, 6) is 0.402. The molecule has 0 spiro atoms. The highest BCUT2D eigenvalue weighted by atomic mass is 16.5. The van der Waals surface area contributed by atoms with Crippen molar-refractivity contribution < 1.29 is 23.8 Å². The van der Waals surface area contributed by atoms with Crippen LogP contribution in [0.1, 0.15) is 0 Å². The molecule has 0 aliphatic carbocycles. The Kier molecular flexibility index (Phi) is 4.72. The number of amides is 1. The molecule has 0 unspecified atom stereocenters. The van der Waals surface area contributed by atoms with Gasteiger partial charge in [-0.05, 0) is 12.1 Å². The minimum absolute atomic E-state index is 0.284. The minimum atomic E-state index is -0.729. The van der Waals surface area contributed by atoms with Gasteiger partial charge in [0.05, 0.1) is 14.2 Å². The summed E-state index contributed by atoms with van der Waals surface area (Å²) in [5.41, 5.74) is 0. The van der Waals surface area contributed by atoms with Gasteiger partial charge in [0.2, 0.25) is 11.8 Å². The number of ether oxygens (including phenoxy) is 3. The Bertz CT molecular complexity index is 429. The average molecular weight is 237 g/mol. The van der Waals surface area contributed by atoms with Crippen molar-refractivity contribution in [2.24, 2.45) is 4.99 Å². The number of isocyanates is 1. The van der Waals surface area contributed by atoms with Crippen LogP contribution in [0, 0.1) is 0 Å². The molecule has 90 valence electrons. The Morgan fingerprint density at radius 2 is 1.88 bits per heavy atom. The van der Waals surface area contributed by atoms with E-state index < -0.39 is 5.91 Å². The maximum atomic E-state index is 11.0. The van der Waals surface area contributed by atoms with Crippen LogP contribution >= 0.6 is 0 Å². The Morgan fingerprint density at radius 3 is 2.35 bits per heavy atom. The van der Waals surface area contributed by atoms with Gasteiger partial charge in [-0.3, -0.25) is 4.79 Å². The van der Waals surface area contributed by atoms with E-state index in [-0.39, 0.29) is 12.4 Å². The van der Waals surface area contributed by atoms with Gasteiger partial charge in [-0.25, -0.2) is 4.79 Å². The smallest absolute Gasteiger partial charge is 0.294 e. The zero-order valence-electron chi connectivity index (χ0n) is 9.43. The second kappa shape index (κ2) is 6.30. The average Bonchev–Trinajstić information content (AvgIpc) is 2.36. The van der Waals surface area contributed by atoms with Crippen LogP contribution in [0.2, 0.25) is 0 Å². The predicted molar refractivity (Wildman–Crippen MR) is 58.2 cm³/mol. The second-order valence-electron chi connectivity index (χ2n) is 2.88. The van der Waals surface area contributed by atoms with Crippen molar-refractivity contribution >= 4 is 12.0 Å². The Balaban J connectivity index is 2.88. The van der Waals surface area contributed by atoms with Gasteiger partial charge in [-0.15, -0.1) is 4.99 Å². The SMILES string of the molecule is COc1cccc(OC)c1OCC(=O)N=C=O.